The number of hydrogen-bond donors (Lipinski definition) is 1. The van der Waals surface area contributed by atoms with Crippen LogP contribution in [-0.4, -0.2) is 45.2 Å². The molecule has 26 heavy (non-hydrogen) atoms. The van der Waals surface area contributed by atoms with Gasteiger partial charge in [0.15, 0.2) is 5.13 Å². The number of carbonyl (C=O) groups is 1. The van der Waals surface area contributed by atoms with E-state index < -0.39 is 0 Å². The van der Waals surface area contributed by atoms with Crippen molar-refractivity contribution < 1.29 is 14.4 Å². The van der Waals surface area contributed by atoms with Crippen LogP contribution in [0.25, 0.3) is 10.2 Å². The maximum absolute atomic E-state index is 13.2. The zero-order valence-corrected chi connectivity index (χ0v) is 16.4. The standard InChI is InChI=1S/C20H23N3O2S/c1-14-7-5-10-17-18(14)21-20(26-17)23(12-11-22(2)3)19(24)15-8-6-9-16(13-15)25-4/h5-10,13H,11-12H2,1-4H3/p+1. The van der Waals surface area contributed by atoms with Gasteiger partial charge in [0.1, 0.15) is 5.75 Å². The van der Waals surface area contributed by atoms with Crippen molar-refractivity contribution in [3.63, 3.8) is 0 Å². The minimum absolute atomic E-state index is 0.0538. The number of para-hydroxylation sites is 1. The first kappa shape index (κ1) is 18.4. The van der Waals surface area contributed by atoms with E-state index in [9.17, 15) is 4.79 Å². The molecule has 1 N–H and O–H groups in total. The summed E-state index contributed by atoms with van der Waals surface area (Å²) in [6.45, 7) is 3.49. The highest BCUT2D eigenvalue weighted by Crippen LogP contribution is 2.31. The summed E-state index contributed by atoms with van der Waals surface area (Å²) in [6.07, 6.45) is 0. The molecule has 0 atom stereocenters. The number of nitrogens with one attached hydrogen (secondary N) is 1. The lowest BCUT2D eigenvalue weighted by Gasteiger charge is -2.21. The summed E-state index contributed by atoms with van der Waals surface area (Å²) in [5.74, 6) is 0.621. The average molecular weight is 370 g/mol. The molecule has 2 aromatic carbocycles. The maximum Gasteiger partial charge on any atom is 0.260 e. The second-order valence-electron chi connectivity index (χ2n) is 6.56. The van der Waals surface area contributed by atoms with Gasteiger partial charge in [0.2, 0.25) is 0 Å². The Labute approximate surface area is 157 Å². The third-order valence-electron chi connectivity index (χ3n) is 4.24. The van der Waals surface area contributed by atoms with E-state index in [0.717, 1.165) is 27.5 Å². The normalized spacial score (nSPS) is 11.1. The van der Waals surface area contributed by atoms with Crippen molar-refractivity contribution in [3.8, 4) is 5.75 Å². The van der Waals surface area contributed by atoms with Crippen molar-refractivity contribution in [3.05, 3.63) is 53.6 Å². The molecular formula is C20H24N3O2S+. The van der Waals surface area contributed by atoms with E-state index in [1.54, 1.807) is 29.4 Å². The van der Waals surface area contributed by atoms with Gasteiger partial charge in [-0.25, -0.2) is 4.98 Å². The Kier molecular flexibility index (Phi) is 5.54. The second-order valence-corrected chi connectivity index (χ2v) is 7.57. The first-order chi connectivity index (χ1) is 12.5. The Morgan fingerprint density at radius 2 is 2.00 bits per heavy atom. The fraction of sp³-hybridized carbons (Fsp3) is 0.300. The fourth-order valence-electron chi connectivity index (χ4n) is 2.72. The van der Waals surface area contributed by atoms with E-state index in [1.807, 2.05) is 37.3 Å². The number of anilines is 1. The van der Waals surface area contributed by atoms with Gasteiger partial charge in [-0.1, -0.05) is 29.5 Å². The molecule has 5 nitrogen and oxygen atoms in total. The Hall–Kier alpha value is -2.44. The number of hydrogen-bond acceptors (Lipinski definition) is 4. The Morgan fingerprint density at radius 3 is 2.69 bits per heavy atom. The van der Waals surface area contributed by atoms with Crippen LogP contribution in [0.3, 0.4) is 0 Å². The number of amides is 1. The minimum atomic E-state index is -0.0538. The summed E-state index contributed by atoms with van der Waals surface area (Å²) < 4.78 is 6.36. The molecule has 0 saturated heterocycles. The number of thiazole rings is 1. The molecule has 0 bridgehead atoms. The van der Waals surface area contributed by atoms with Gasteiger partial charge in [-0.3, -0.25) is 9.69 Å². The van der Waals surface area contributed by atoms with E-state index >= 15 is 0 Å². The van der Waals surface area contributed by atoms with E-state index in [2.05, 4.69) is 20.2 Å². The van der Waals surface area contributed by atoms with Crippen molar-refractivity contribution >= 4 is 32.6 Å². The first-order valence-corrected chi connectivity index (χ1v) is 9.42. The van der Waals surface area contributed by atoms with Crippen molar-refractivity contribution in [2.45, 2.75) is 6.92 Å². The fourth-order valence-corrected chi connectivity index (χ4v) is 3.79. The number of rotatable bonds is 6. The van der Waals surface area contributed by atoms with E-state index in [1.165, 1.54) is 4.90 Å². The van der Waals surface area contributed by atoms with Crippen molar-refractivity contribution in [1.29, 1.82) is 0 Å². The highest BCUT2D eigenvalue weighted by Gasteiger charge is 2.22. The van der Waals surface area contributed by atoms with Gasteiger partial charge < -0.3 is 9.64 Å². The first-order valence-electron chi connectivity index (χ1n) is 8.60. The van der Waals surface area contributed by atoms with E-state index in [-0.39, 0.29) is 5.91 Å². The third kappa shape index (κ3) is 3.86. The second kappa shape index (κ2) is 7.85. The Bertz CT molecular complexity index is 920. The Balaban J connectivity index is 2.00. The number of nitrogens with zero attached hydrogens (tertiary/aromatic N) is 2. The number of benzene rings is 2. The monoisotopic (exact) mass is 370 g/mol. The van der Waals surface area contributed by atoms with Gasteiger partial charge in [-0.05, 0) is 36.8 Å². The summed E-state index contributed by atoms with van der Waals surface area (Å²) in [5, 5.41) is 0.739. The molecule has 6 heteroatoms. The highest BCUT2D eigenvalue weighted by atomic mass is 32.1. The number of methoxy groups -OCH3 is 1. The summed E-state index contributed by atoms with van der Waals surface area (Å²) >= 11 is 1.56. The number of aryl methyl sites for hydroxylation is 1. The maximum atomic E-state index is 13.2. The van der Waals surface area contributed by atoms with Gasteiger partial charge in [0.05, 0.1) is 44.5 Å². The molecule has 0 aliphatic carbocycles. The van der Waals surface area contributed by atoms with Gasteiger partial charge in [-0.15, -0.1) is 0 Å². The number of aromatic nitrogens is 1. The van der Waals surface area contributed by atoms with Crippen LogP contribution in [0.2, 0.25) is 0 Å². The molecule has 0 spiro atoms. The predicted octanol–water partition coefficient (Wildman–Crippen LogP) is 2.40. The predicted molar refractivity (Wildman–Crippen MR) is 107 cm³/mol. The van der Waals surface area contributed by atoms with Crippen LogP contribution >= 0.6 is 11.3 Å². The Morgan fingerprint density at radius 1 is 1.23 bits per heavy atom. The average Bonchev–Trinajstić information content (AvgIpc) is 3.07. The van der Waals surface area contributed by atoms with Crippen LogP contribution in [0.4, 0.5) is 5.13 Å². The number of fused-ring (bicyclic) bond motifs is 1. The van der Waals surface area contributed by atoms with Crippen LogP contribution in [0.5, 0.6) is 5.75 Å². The molecule has 1 amide bonds. The van der Waals surface area contributed by atoms with Crippen molar-refractivity contribution in [2.24, 2.45) is 0 Å². The smallest absolute Gasteiger partial charge is 0.260 e. The van der Waals surface area contributed by atoms with Gasteiger partial charge >= 0.3 is 0 Å². The zero-order chi connectivity index (χ0) is 18.7. The van der Waals surface area contributed by atoms with E-state index in [4.69, 9.17) is 9.72 Å². The van der Waals surface area contributed by atoms with Gasteiger partial charge in [0, 0.05) is 5.56 Å². The van der Waals surface area contributed by atoms with Gasteiger partial charge in [-0.2, -0.15) is 0 Å². The topological polar surface area (TPSA) is 46.9 Å². The van der Waals surface area contributed by atoms with E-state index in [0.29, 0.717) is 17.9 Å². The molecule has 3 rings (SSSR count). The lowest BCUT2D eigenvalue weighted by molar-refractivity contribution is -0.856. The number of ether oxygens (including phenoxy) is 1. The SMILES string of the molecule is COc1cccc(C(=O)N(CC[NH+](C)C)c2nc3c(C)cccc3s2)c1. The molecule has 0 unspecified atom stereocenters. The van der Waals surface area contributed by atoms with Crippen LogP contribution in [-0.2, 0) is 0 Å². The van der Waals surface area contributed by atoms with Gasteiger partial charge in [0.25, 0.3) is 5.91 Å². The van der Waals surface area contributed by atoms with Crippen LogP contribution in [0, 0.1) is 6.92 Å². The summed E-state index contributed by atoms with van der Waals surface area (Å²) in [6, 6.07) is 13.4. The lowest BCUT2D eigenvalue weighted by Crippen LogP contribution is -3.06. The molecule has 136 valence electrons. The lowest BCUT2D eigenvalue weighted by atomic mass is 10.2. The van der Waals surface area contributed by atoms with Crippen LogP contribution in [0.1, 0.15) is 15.9 Å². The molecule has 1 heterocycles. The molecule has 0 fully saturated rings. The van der Waals surface area contributed by atoms with Crippen LogP contribution < -0.4 is 14.5 Å². The molecular weight excluding hydrogens is 346 g/mol. The largest absolute Gasteiger partial charge is 0.497 e. The number of carbonyl (C=O) groups excluding carboxylic acids is 1. The molecule has 3 aromatic rings. The highest BCUT2D eigenvalue weighted by molar-refractivity contribution is 7.22. The molecule has 0 aliphatic heterocycles. The quantitative estimate of drug-likeness (QED) is 0.725. The summed E-state index contributed by atoms with van der Waals surface area (Å²) in [4.78, 5) is 21.0. The molecule has 0 saturated carbocycles. The third-order valence-corrected chi connectivity index (χ3v) is 5.28. The number of likely N-dealkylation sites (N-methyl/N-ethyl adjacent to an activating group) is 1. The van der Waals surface area contributed by atoms with Crippen molar-refractivity contribution in [1.82, 2.24) is 4.98 Å². The molecule has 0 aliphatic rings. The number of quaternary nitrogens is 1. The zero-order valence-electron chi connectivity index (χ0n) is 15.6. The molecule has 0 radical (unpaired) electrons. The molecule has 1 aromatic heterocycles. The minimum Gasteiger partial charge on any atom is -0.497 e. The summed E-state index contributed by atoms with van der Waals surface area (Å²) in [7, 11) is 5.76. The van der Waals surface area contributed by atoms with Crippen LogP contribution in [0.15, 0.2) is 42.5 Å². The van der Waals surface area contributed by atoms with Crippen molar-refractivity contribution in [2.75, 3.05) is 39.2 Å². The summed E-state index contributed by atoms with van der Waals surface area (Å²) in [5.41, 5.74) is 2.69.